The maximum atomic E-state index is 12.9. The summed E-state index contributed by atoms with van der Waals surface area (Å²) >= 11 is 0. The predicted molar refractivity (Wildman–Crippen MR) is 122 cm³/mol. The van der Waals surface area contributed by atoms with Crippen LogP contribution in [0, 0.1) is 0 Å². The standard InChI is InChI=1S/C21H24BN3O5S/c1-25(2)19-7-3-6-18-17(19)5-4-8-20(18)31(29,30)24-14-13-23-21(26)15-9-11-16(12-10-15)22(27)28/h3-12,24,27-28H,13-14H2,1-2H3,(H,23,26). The number of nitrogens with zero attached hydrogens (tertiary/aromatic N) is 1. The average Bonchev–Trinajstić information content (AvgIpc) is 2.75. The first-order chi connectivity index (χ1) is 14.7. The second-order valence-corrected chi connectivity index (χ2v) is 8.91. The largest absolute Gasteiger partial charge is 0.488 e. The lowest BCUT2D eigenvalue weighted by atomic mass is 9.80. The second-order valence-electron chi connectivity index (χ2n) is 7.17. The summed E-state index contributed by atoms with van der Waals surface area (Å²) in [6, 6.07) is 16.5. The number of benzene rings is 3. The van der Waals surface area contributed by atoms with E-state index in [1.807, 2.05) is 37.2 Å². The van der Waals surface area contributed by atoms with Crippen molar-refractivity contribution >= 4 is 45.0 Å². The Balaban J connectivity index is 1.65. The Morgan fingerprint density at radius 1 is 0.935 bits per heavy atom. The van der Waals surface area contributed by atoms with Crippen LogP contribution in [0.15, 0.2) is 65.6 Å². The minimum Gasteiger partial charge on any atom is -0.423 e. The Bertz CT molecular complexity index is 1180. The van der Waals surface area contributed by atoms with Crippen molar-refractivity contribution in [1.29, 1.82) is 0 Å². The van der Waals surface area contributed by atoms with Crippen LogP contribution < -0.4 is 20.4 Å². The van der Waals surface area contributed by atoms with Crippen molar-refractivity contribution in [2.45, 2.75) is 4.90 Å². The minimum absolute atomic E-state index is 0.0191. The van der Waals surface area contributed by atoms with E-state index in [-0.39, 0.29) is 29.4 Å². The molecule has 0 fully saturated rings. The number of hydrogen-bond donors (Lipinski definition) is 4. The van der Waals surface area contributed by atoms with Crippen LogP contribution in [0.2, 0.25) is 0 Å². The maximum Gasteiger partial charge on any atom is 0.488 e. The van der Waals surface area contributed by atoms with Crippen molar-refractivity contribution in [3.05, 3.63) is 66.2 Å². The summed E-state index contributed by atoms with van der Waals surface area (Å²) in [5.41, 5.74) is 1.52. The molecule has 0 unspecified atom stereocenters. The Morgan fingerprint density at radius 3 is 2.23 bits per heavy atom. The van der Waals surface area contributed by atoms with Crippen molar-refractivity contribution in [3.63, 3.8) is 0 Å². The van der Waals surface area contributed by atoms with Gasteiger partial charge in [0.05, 0.1) is 4.90 Å². The van der Waals surface area contributed by atoms with Gasteiger partial charge in [-0.3, -0.25) is 4.79 Å². The highest BCUT2D eigenvalue weighted by molar-refractivity contribution is 7.89. The molecule has 0 aromatic heterocycles. The van der Waals surface area contributed by atoms with Gasteiger partial charge in [-0.05, 0) is 29.7 Å². The molecule has 0 aliphatic heterocycles. The molecule has 3 aromatic rings. The van der Waals surface area contributed by atoms with Crippen LogP contribution >= 0.6 is 0 Å². The van der Waals surface area contributed by atoms with Crippen LogP contribution in [0.5, 0.6) is 0 Å². The Labute approximate surface area is 181 Å². The molecule has 0 heterocycles. The zero-order valence-electron chi connectivity index (χ0n) is 17.2. The van der Waals surface area contributed by atoms with Crippen molar-refractivity contribution in [1.82, 2.24) is 10.0 Å². The second kappa shape index (κ2) is 9.48. The first-order valence-electron chi connectivity index (χ1n) is 9.64. The van der Waals surface area contributed by atoms with Gasteiger partial charge in [0.25, 0.3) is 5.91 Å². The van der Waals surface area contributed by atoms with Crippen molar-refractivity contribution < 1.29 is 23.3 Å². The van der Waals surface area contributed by atoms with E-state index >= 15 is 0 Å². The zero-order chi connectivity index (χ0) is 22.6. The van der Waals surface area contributed by atoms with E-state index in [0.29, 0.717) is 10.9 Å². The van der Waals surface area contributed by atoms with E-state index in [4.69, 9.17) is 10.0 Å². The van der Waals surface area contributed by atoms with Gasteiger partial charge < -0.3 is 20.3 Å². The van der Waals surface area contributed by atoms with Crippen LogP contribution in [0.1, 0.15) is 10.4 Å². The highest BCUT2D eigenvalue weighted by Gasteiger charge is 2.18. The molecule has 0 atom stereocenters. The highest BCUT2D eigenvalue weighted by atomic mass is 32.2. The Morgan fingerprint density at radius 2 is 1.58 bits per heavy atom. The predicted octanol–water partition coefficient (Wildman–Crippen LogP) is 0.294. The van der Waals surface area contributed by atoms with E-state index in [9.17, 15) is 13.2 Å². The third kappa shape index (κ3) is 5.23. The summed E-state index contributed by atoms with van der Waals surface area (Å²) in [6.07, 6.45) is 0. The number of hydrogen-bond acceptors (Lipinski definition) is 6. The smallest absolute Gasteiger partial charge is 0.423 e. The Kier molecular flexibility index (Phi) is 6.96. The number of amides is 1. The molecule has 3 aromatic carbocycles. The number of carbonyl (C=O) groups is 1. The van der Waals surface area contributed by atoms with E-state index in [1.165, 1.54) is 24.3 Å². The summed E-state index contributed by atoms with van der Waals surface area (Å²) in [4.78, 5) is 14.3. The van der Waals surface area contributed by atoms with Crippen LogP contribution in [-0.4, -0.2) is 58.7 Å². The van der Waals surface area contributed by atoms with E-state index in [0.717, 1.165) is 11.1 Å². The minimum atomic E-state index is -3.78. The van der Waals surface area contributed by atoms with Gasteiger partial charge in [-0.15, -0.1) is 0 Å². The topological polar surface area (TPSA) is 119 Å². The fourth-order valence-corrected chi connectivity index (χ4v) is 4.49. The van der Waals surface area contributed by atoms with Crippen LogP contribution in [0.25, 0.3) is 10.8 Å². The molecule has 1 amide bonds. The van der Waals surface area contributed by atoms with Gasteiger partial charge in [0.15, 0.2) is 0 Å². The SMILES string of the molecule is CN(C)c1cccc2c(S(=O)(=O)NCCNC(=O)c3ccc(B(O)O)cc3)cccc12. The lowest BCUT2D eigenvalue weighted by Gasteiger charge is -2.17. The molecule has 162 valence electrons. The molecule has 0 saturated carbocycles. The summed E-state index contributed by atoms with van der Waals surface area (Å²) in [5.74, 6) is -0.390. The molecule has 0 saturated heterocycles. The van der Waals surface area contributed by atoms with Crippen LogP contribution in [0.4, 0.5) is 5.69 Å². The van der Waals surface area contributed by atoms with Crippen molar-refractivity contribution in [2.75, 3.05) is 32.1 Å². The summed E-state index contributed by atoms with van der Waals surface area (Å²) in [7, 11) is -1.59. The number of anilines is 1. The molecular weight excluding hydrogens is 417 g/mol. The molecule has 31 heavy (non-hydrogen) atoms. The zero-order valence-corrected chi connectivity index (χ0v) is 18.1. The molecule has 0 bridgehead atoms. The normalized spacial score (nSPS) is 11.4. The van der Waals surface area contributed by atoms with Gasteiger partial charge >= 0.3 is 7.12 Å². The molecule has 4 N–H and O–H groups in total. The molecule has 8 nitrogen and oxygen atoms in total. The van der Waals surface area contributed by atoms with E-state index in [2.05, 4.69) is 10.0 Å². The fourth-order valence-electron chi connectivity index (χ4n) is 3.24. The fraction of sp³-hybridized carbons (Fsp3) is 0.190. The summed E-state index contributed by atoms with van der Waals surface area (Å²) in [5, 5.41) is 22.3. The van der Waals surface area contributed by atoms with Gasteiger partial charge in [-0.1, -0.05) is 36.4 Å². The molecule has 0 spiro atoms. The van der Waals surface area contributed by atoms with E-state index < -0.39 is 17.1 Å². The third-order valence-corrected chi connectivity index (χ3v) is 6.32. The van der Waals surface area contributed by atoms with Gasteiger partial charge in [0, 0.05) is 49.2 Å². The first kappa shape index (κ1) is 22.8. The number of rotatable bonds is 8. The van der Waals surface area contributed by atoms with Crippen LogP contribution in [0.3, 0.4) is 0 Å². The monoisotopic (exact) mass is 441 g/mol. The number of nitrogens with one attached hydrogen (secondary N) is 2. The summed E-state index contributed by atoms with van der Waals surface area (Å²) < 4.78 is 28.2. The maximum absolute atomic E-state index is 12.9. The summed E-state index contributed by atoms with van der Waals surface area (Å²) in [6.45, 7) is 0.113. The molecule has 0 radical (unpaired) electrons. The number of fused-ring (bicyclic) bond motifs is 1. The molecular formula is C21H24BN3O5S. The quantitative estimate of drug-likeness (QED) is 0.295. The molecule has 10 heteroatoms. The van der Waals surface area contributed by atoms with Gasteiger partial charge in [0.1, 0.15) is 0 Å². The molecule has 0 aliphatic carbocycles. The van der Waals surface area contributed by atoms with Gasteiger partial charge in [0.2, 0.25) is 10.0 Å². The Hall–Kier alpha value is -2.92. The molecule has 3 rings (SSSR count). The van der Waals surface area contributed by atoms with Gasteiger partial charge in [-0.25, -0.2) is 13.1 Å². The van der Waals surface area contributed by atoms with Crippen molar-refractivity contribution in [2.24, 2.45) is 0 Å². The van der Waals surface area contributed by atoms with E-state index in [1.54, 1.807) is 18.2 Å². The highest BCUT2D eigenvalue weighted by Crippen LogP contribution is 2.29. The lowest BCUT2D eigenvalue weighted by molar-refractivity contribution is 0.0954. The third-order valence-electron chi connectivity index (χ3n) is 4.80. The molecule has 0 aliphatic rings. The average molecular weight is 441 g/mol. The van der Waals surface area contributed by atoms with Crippen molar-refractivity contribution in [3.8, 4) is 0 Å². The number of carbonyl (C=O) groups excluding carboxylic acids is 1. The van der Waals surface area contributed by atoms with Gasteiger partial charge in [-0.2, -0.15) is 0 Å². The first-order valence-corrected chi connectivity index (χ1v) is 11.1. The van der Waals surface area contributed by atoms with Crippen LogP contribution in [-0.2, 0) is 10.0 Å². The number of sulfonamides is 1. The lowest BCUT2D eigenvalue weighted by Crippen LogP contribution is -2.35.